The molecular formula is C23H21N3O4. The molecule has 0 aliphatic heterocycles. The zero-order valence-corrected chi connectivity index (χ0v) is 16.4. The Morgan fingerprint density at radius 3 is 2.47 bits per heavy atom. The van der Waals surface area contributed by atoms with Crippen molar-refractivity contribution < 1.29 is 19.4 Å². The van der Waals surface area contributed by atoms with Gasteiger partial charge in [0.2, 0.25) is 0 Å². The standard InChI is InChI=1S/C23H21N3O4/c1-2-29-20-11-17(12-21(13-20)30-15-19-5-3-4-10-25-19)22(23(27)28)26-18-8-6-16(14-24)7-9-18/h3-13,22,26H,2,15H2,1H3,(H,27,28)/t22-/m1/s1. The quantitative estimate of drug-likeness (QED) is 0.552. The zero-order valence-electron chi connectivity index (χ0n) is 16.4. The van der Waals surface area contributed by atoms with E-state index in [9.17, 15) is 9.90 Å². The monoisotopic (exact) mass is 403 g/mol. The van der Waals surface area contributed by atoms with E-state index >= 15 is 0 Å². The smallest absolute Gasteiger partial charge is 0.330 e. The number of nitrogens with zero attached hydrogens (tertiary/aromatic N) is 2. The van der Waals surface area contributed by atoms with Crippen LogP contribution in [0.25, 0.3) is 0 Å². The molecule has 7 heteroatoms. The van der Waals surface area contributed by atoms with Gasteiger partial charge in [0.1, 0.15) is 18.1 Å². The van der Waals surface area contributed by atoms with E-state index < -0.39 is 12.0 Å². The third-order valence-corrected chi connectivity index (χ3v) is 4.23. The van der Waals surface area contributed by atoms with Crippen molar-refractivity contribution in [2.45, 2.75) is 19.6 Å². The van der Waals surface area contributed by atoms with Crippen molar-refractivity contribution in [2.24, 2.45) is 0 Å². The van der Waals surface area contributed by atoms with Crippen LogP contribution in [0.2, 0.25) is 0 Å². The summed E-state index contributed by atoms with van der Waals surface area (Å²) >= 11 is 0. The van der Waals surface area contributed by atoms with Gasteiger partial charge in [-0.25, -0.2) is 4.79 Å². The Hall–Kier alpha value is -4.05. The summed E-state index contributed by atoms with van der Waals surface area (Å²) in [5, 5.41) is 21.7. The molecule has 0 radical (unpaired) electrons. The molecule has 152 valence electrons. The Morgan fingerprint density at radius 1 is 1.13 bits per heavy atom. The number of hydrogen-bond donors (Lipinski definition) is 2. The van der Waals surface area contributed by atoms with Gasteiger partial charge in [0, 0.05) is 18.0 Å². The minimum Gasteiger partial charge on any atom is -0.494 e. The highest BCUT2D eigenvalue weighted by atomic mass is 16.5. The van der Waals surface area contributed by atoms with Crippen LogP contribution in [0.5, 0.6) is 11.5 Å². The van der Waals surface area contributed by atoms with Gasteiger partial charge in [0.15, 0.2) is 6.04 Å². The molecule has 0 spiro atoms. The number of carboxylic acid groups (broad SMARTS) is 1. The first kappa shape index (κ1) is 20.7. The highest BCUT2D eigenvalue weighted by Crippen LogP contribution is 2.29. The van der Waals surface area contributed by atoms with Gasteiger partial charge in [-0.15, -0.1) is 0 Å². The third kappa shape index (κ3) is 5.49. The molecule has 0 saturated carbocycles. The van der Waals surface area contributed by atoms with E-state index in [1.54, 1.807) is 48.7 Å². The van der Waals surface area contributed by atoms with Crippen molar-refractivity contribution in [1.29, 1.82) is 5.26 Å². The first-order valence-corrected chi connectivity index (χ1v) is 9.39. The first-order chi connectivity index (χ1) is 14.6. The molecule has 7 nitrogen and oxygen atoms in total. The summed E-state index contributed by atoms with van der Waals surface area (Å²) in [4.78, 5) is 16.2. The molecule has 1 atom stereocenters. The van der Waals surface area contributed by atoms with Gasteiger partial charge >= 0.3 is 5.97 Å². The second-order valence-electron chi connectivity index (χ2n) is 6.39. The van der Waals surface area contributed by atoms with Crippen molar-refractivity contribution in [2.75, 3.05) is 11.9 Å². The van der Waals surface area contributed by atoms with E-state index in [-0.39, 0.29) is 6.61 Å². The molecule has 0 aliphatic carbocycles. The molecule has 2 aromatic carbocycles. The van der Waals surface area contributed by atoms with Gasteiger partial charge < -0.3 is 19.9 Å². The maximum atomic E-state index is 12.0. The number of nitriles is 1. The Balaban J connectivity index is 1.86. The SMILES string of the molecule is CCOc1cc(OCc2ccccn2)cc([C@@H](Nc2ccc(C#N)cc2)C(=O)O)c1. The molecule has 0 amide bonds. The van der Waals surface area contributed by atoms with Crippen LogP contribution < -0.4 is 14.8 Å². The lowest BCUT2D eigenvalue weighted by Crippen LogP contribution is -2.20. The Kier molecular flexibility index (Phi) is 6.85. The molecular weight excluding hydrogens is 382 g/mol. The highest BCUT2D eigenvalue weighted by Gasteiger charge is 2.22. The molecule has 0 unspecified atom stereocenters. The summed E-state index contributed by atoms with van der Waals surface area (Å²) in [6.45, 7) is 2.53. The van der Waals surface area contributed by atoms with E-state index in [0.717, 1.165) is 5.69 Å². The number of aromatic nitrogens is 1. The largest absolute Gasteiger partial charge is 0.494 e. The predicted molar refractivity (Wildman–Crippen MR) is 111 cm³/mol. The number of carbonyl (C=O) groups is 1. The Morgan fingerprint density at radius 2 is 1.87 bits per heavy atom. The summed E-state index contributed by atoms with van der Waals surface area (Å²) in [5.41, 5.74) is 2.32. The summed E-state index contributed by atoms with van der Waals surface area (Å²) in [6, 6.07) is 18.2. The zero-order chi connectivity index (χ0) is 21.3. The molecule has 3 aromatic rings. The van der Waals surface area contributed by atoms with Gasteiger partial charge in [-0.05, 0) is 61.0 Å². The van der Waals surface area contributed by atoms with Crippen molar-refractivity contribution in [3.8, 4) is 17.6 Å². The molecule has 1 heterocycles. The number of rotatable bonds is 9. The van der Waals surface area contributed by atoms with Gasteiger partial charge in [-0.2, -0.15) is 5.26 Å². The van der Waals surface area contributed by atoms with E-state index in [2.05, 4.69) is 10.3 Å². The number of pyridine rings is 1. The third-order valence-electron chi connectivity index (χ3n) is 4.23. The number of nitrogens with one attached hydrogen (secondary N) is 1. The van der Waals surface area contributed by atoms with Crippen LogP contribution in [-0.2, 0) is 11.4 Å². The van der Waals surface area contributed by atoms with Crippen LogP contribution >= 0.6 is 0 Å². The van der Waals surface area contributed by atoms with Crippen molar-refractivity contribution in [3.63, 3.8) is 0 Å². The number of ether oxygens (including phenoxy) is 2. The number of anilines is 1. The average molecular weight is 403 g/mol. The summed E-state index contributed by atoms with van der Waals surface area (Å²) in [7, 11) is 0. The minimum atomic E-state index is -1.05. The second kappa shape index (κ2) is 9.94. The molecule has 3 rings (SSSR count). The molecule has 0 aliphatic rings. The Bertz CT molecular complexity index is 1030. The molecule has 0 bridgehead atoms. The fraction of sp³-hybridized carbons (Fsp3) is 0.174. The number of hydrogen-bond acceptors (Lipinski definition) is 6. The summed E-state index contributed by atoms with van der Waals surface area (Å²) < 4.78 is 11.4. The van der Waals surface area contributed by atoms with Crippen LogP contribution in [0, 0.1) is 11.3 Å². The highest BCUT2D eigenvalue weighted by molar-refractivity contribution is 5.79. The lowest BCUT2D eigenvalue weighted by molar-refractivity contribution is -0.138. The minimum absolute atomic E-state index is 0.247. The van der Waals surface area contributed by atoms with Gasteiger partial charge in [0.05, 0.1) is 23.9 Å². The topological polar surface area (TPSA) is 104 Å². The van der Waals surface area contributed by atoms with E-state index in [0.29, 0.717) is 34.9 Å². The molecule has 1 aromatic heterocycles. The summed E-state index contributed by atoms with van der Waals surface area (Å²) in [5.74, 6) is -0.0583. The van der Waals surface area contributed by atoms with Crippen molar-refractivity contribution in [3.05, 3.63) is 83.7 Å². The summed E-state index contributed by atoms with van der Waals surface area (Å²) in [6.07, 6.45) is 1.68. The van der Waals surface area contributed by atoms with E-state index in [1.807, 2.05) is 31.2 Å². The van der Waals surface area contributed by atoms with Crippen LogP contribution in [0.4, 0.5) is 5.69 Å². The van der Waals surface area contributed by atoms with Crippen LogP contribution in [0.1, 0.15) is 29.8 Å². The lowest BCUT2D eigenvalue weighted by atomic mass is 10.1. The fourth-order valence-electron chi connectivity index (χ4n) is 2.83. The molecule has 0 saturated heterocycles. The van der Waals surface area contributed by atoms with Crippen molar-refractivity contribution in [1.82, 2.24) is 4.98 Å². The van der Waals surface area contributed by atoms with Crippen LogP contribution in [0.15, 0.2) is 66.9 Å². The van der Waals surface area contributed by atoms with Gasteiger partial charge in [0.25, 0.3) is 0 Å². The first-order valence-electron chi connectivity index (χ1n) is 9.39. The molecule has 2 N–H and O–H groups in total. The average Bonchev–Trinajstić information content (AvgIpc) is 2.77. The molecule has 30 heavy (non-hydrogen) atoms. The number of aliphatic carboxylic acids is 1. The number of benzene rings is 2. The van der Waals surface area contributed by atoms with Crippen LogP contribution in [0.3, 0.4) is 0 Å². The normalized spacial score (nSPS) is 11.2. The maximum absolute atomic E-state index is 12.0. The molecule has 0 fully saturated rings. The van der Waals surface area contributed by atoms with Gasteiger partial charge in [-0.1, -0.05) is 6.07 Å². The number of carboxylic acids is 1. The van der Waals surface area contributed by atoms with E-state index in [4.69, 9.17) is 14.7 Å². The maximum Gasteiger partial charge on any atom is 0.330 e. The van der Waals surface area contributed by atoms with Crippen LogP contribution in [-0.4, -0.2) is 22.7 Å². The second-order valence-corrected chi connectivity index (χ2v) is 6.39. The lowest BCUT2D eigenvalue weighted by Gasteiger charge is -2.19. The Labute approximate surface area is 174 Å². The predicted octanol–water partition coefficient (Wildman–Crippen LogP) is 4.17. The van der Waals surface area contributed by atoms with E-state index in [1.165, 1.54) is 0 Å². The fourth-order valence-corrected chi connectivity index (χ4v) is 2.83. The van der Waals surface area contributed by atoms with Gasteiger partial charge in [-0.3, -0.25) is 4.98 Å². The van der Waals surface area contributed by atoms with Crippen molar-refractivity contribution >= 4 is 11.7 Å².